The Labute approximate surface area is 340 Å². The third kappa shape index (κ3) is 12.9. The Morgan fingerprint density at radius 2 is 1.22 bits per heavy atom. The van der Waals surface area contributed by atoms with Crippen LogP contribution in [0.25, 0.3) is 11.1 Å². The van der Waals surface area contributed by atoms with Crippen LogP contribution in [0.5, 0.6) is 17.2 Å². The number of aromatic carboxylic acids is 1. The first-order valence-corrected chi connectivity index (χ1v) is 20.1. The van der Waals surface area contributed by atoms with Gasteiger partial charge in [-0.15, -0.1) is 0 Å². The number of azo groups is 2. The van der Waals surface area contributed by atoms with Crippen molar-refractivity contribution in [1.82, 2.24) is 0 Å². The van der Waals surface area contributed by atoms with Crippen molar-refractivity contribution < 1.29 is 51.8 Å². The average molecular weight is 823 g/mol. The van der Waals surface area contributed by atoms with Gasteiger partial charge in [0.2, 0.25) is 0 Å². The van der Waals surface area contributed by atoms with Crippen molar-refractivity contribution in [2.45, 2.75) is 50.8 Å². The summed E-state index contributed by atoms with van der Waals surface area (Å²) in [6.07, 6.45) is 4.29. The van der Waals surface area contributed by atoms with Crippen molar-refractivity contribution in [3.8, 4) is 28.4 Å². The molecule has 0 spiro atoms. The van der Waals surface area contributed by atoms with Crippen molar-refractivity contribution >= 4 is 50.8 Å². The van der Waals surface area contributed by atoms with Crippen LogP contribution >= 0.6 is 0 Å². The molecule has 5 aromatic rings. The summed E-state index contributed by atoms with van der Waals surface area (Å²) in [5.41, 5.74) is 1.71. The summed E-state index contributed by atoms with van der Waals surface area (Å²) in [5.74, 6) is -1.62. The largest absolute Gasteiger partial charge is 0.507 e. The number of phenols is 1. The van der Waals surface area contributed by atoms with Crippen LogP contribution in [-0.2, 0) is 19.6 Å². The number of rotatable bonds is 19. The molecular weight excluding hydrogens is 781 g/mol. The second-order valence-electron chi connectivity index (χ2n) is 13.3. The molecule has 0 aliphatic rings. The number of carboxylic acid groups (broad SMARTS) is 1. The monoisotopic (exact) mass is 822 g/mol. The molecule has 5 rings (SSSR count). The maximum absolute atomic E-state index is 12.7. The maximum atomic E-state index is 12.7. The molecule has 1 atom stereocenters. The van der Waals surface area contributed by atoms with Crippen molar-refractivity contribution in [3.63, 3.8) is 0 Å². The number of carbonyl (C=O) groups is 3. The minimum Gasteiger partial charge on any atom is -0.507 e. The smallest absolute Gasteiger partial charge is 0.343 e. The number of hydrogen-bond donors (Lipinski definition) is 3. The van der Waals surface area contributed by atoms with Gasteiger partial charge in [-0.3, -0.25) is 9.35 Å². The molecule has 306 valence electrons. The molecule has 0 amide bonds. The van der Waals surface area contributed by atoms with Gasteiger partial charge in [0.25, 0.3) is 10.1 Å². The standard InChI is InChI=1S/C43H42N4O11S/c1-3-28(2)42(51)57-25-7-5-4-6-24-56-35-18-10-30(11-19-35)43(52)58-36-20-14-32(15-21-36)45-47-34-16-22-37(40(27-34)59(53,54)55)29-8-12-31(13-9-29)44-46-33-17-23-39(48)38(26-33)41(49)50/h8-23,26-28,48H,3-7,24-25H2,1-2H3,(H,49,50)(H,53,54,55). The highest BCUT2D eigenvalue weighted by Gasteiger charge is 2.18. The van der Waals surface area contributed by atoms with E-state index >= 15 is 0 Å². The second kappa shape index (κ2) is 20.6. The molecule has 0 aliphatic heterocycles. The zero-order chi connectivity index (χ0) is 42.4. The van der Waals surface area contributed by atoms with Crippen LogP contribution in [0.2, 0.25) is 0 Å². The molecule has 0 saturated heterocycles. The Morgan fingerprint density at radius 1 is 0.678 bits per heavy atom. The molecule has 16 heteroatoms. The Balaban J connectivity index is 1.11. The molecule has 5 aromatic carbocycles. The van der Waals surface area contributed by atoms with Gasteiger partial charge in [-0.1, -0.05) is 32.0 Å². The number of ether oxygens (including phenoxy) is 3. The summed E-state index contributed by atoms with van der Waals surface area (Å²) in [6, 6.07) is 27.0. The molecular formula is C43H42N4O11S. The molecule has 0 bridgehead atoms. The van der Waals surface area contributed by atoms with Gasteiger partial charge in [0.05, 0.1) is 47.4 Å². The lowest BCUT2D eigenvalue weighted by Gasteiger charge is -2.09. The molecule has 0 saturated carbocycles. The Bertz CT molecular complexity index is 2420. The first kappa shape index (κ1) is 43.3. The van der Waals surface area contributed by atoms with Gasteiger partial charge >= 0.3 is 17.9 Å². The van der Waals surface area contributed by atoms with Gasteiger partial charge in [0, 0.05) is 5.56 Å². The predicted octanol–water partition coefficient (Wildman–Crippen LogP) is 10.6. The highest BCUT2D eigenvalue weighted by molar-refractivity contribution is 7.86. The first-order valence-electron chi connectivity index (χ1n) is 18.6. The molecule has 0 aromatic heterocycles. The topological polar surface area (TPSA) is 223 Å². The number of hydrogen-bond acceptors (Lipinski definition) is 13. The summed E-state index contributed by atoms with van der Waals surface area (Å²) >= 11 is 0. The van der Waals surface area contributed by atoms with Crippen LogP contribution < -0.4 is 9.47 Å². The molecule has 0 radical (unpaired) electrons. The van der Waals surface area contributed by atoms with Crippen molar-refractivity contribution in [2.24, 2.45) is 26.4 Å². The van der Waals surface area contributed by atoms with Gasteiger partial charge in [-0.05, 0) is 129 Å². The van der Waals surface area contributed by atoms with E-state index < -0.39 is 32.7 Å². The Hall–Kier alpha value is -6.78. The van der Waals surface area contributed by atoms with Crippen LogP contribution in [0.15, 0.2) is 135 Å². The van der Waals surface area contributed by atoms with Crippen LogP contribution in [0.4, 0.5) is 22.7 Å². The van der Waals surface area contributed by atoms with Gasteiger partial charge in [0.15, 0.2) is 0 Å². The fourth-order valence-electron chi connectivity index (χ4n) is 5.38. The van der Waals surface area contributed by atoms with Crippen LogP contribution in [0.1, 0.15) is 66.7 Å². The number of benzene rings is 5. The highest BCUT2D eigenvalue weighted by atomic mass is 32.2. The number of carboxylic acids is 1. The quantitative estimate of drug-likeness (QED) is 0.0233. The minimum absolute atomic E-state index is 0.0725. The number of unbranched alkanes of at least 4 members (excludes halogenated alkanes) is 3. The van der Waals surface area contributed by atoms with Crippen molar-refractivity contribution in [1.29, 1.82) is 0 Å². The maximum Gasteiger partial charge on any atom is 0.343 e. The number of carbonyl (C=O) groups excluding carboxylic acids is 2. The lowest BCUT2D eigenvalue weighted by atomic mass is 10.0. The van der Waals surface area contributed by atoms with E-state index in [-0.39, 0.29) is 40.1 Å². The van der Waals surface area contributed by atoms with E-state index in [2.05, 4.69) is 20.5 Å². The number of nitrogens with zero attached hydrogens (tertiary/aromatic N) is 4. The molecule has 1 unspecified atom stereocenters. The predicted molar refractivity (Wildman–Crippen MR) is 217 cm³/mol. The third-order valence-electron chi connectivity index (χ3n) is 8.90. The molecule has 0 fully saturated rings. The molecule has 59 heavy (non-hydrogen) atoms. The van der Waals surface area contributed by atoms with E-state index in [1.165, 1.54) is 48.5 Å². The fraction of sp³-hybridized carbons (Fsp3) is 0.233. The summed E-state index contributed by atoms with van der Waals surface area (Å²) in [5, 5.41) is 35.2. The zero-order valence-corrected chi connectivity index (χ0v) is 33.0. The van der Waals surface area contributed by atoms with Gasteiger partial charge in [-0.2, -0.15) is 28.9 Å². The van der Waals surface area contributed by atoms with Gasteiger partial charge in [-0.25, -0.2) is 9.59 Å². The summed E-state index contributed by atoms with van der Waals surface area (Å²) in [4.78, 5) is 35.3. The van der Waals surface area contributed by atoms with Gasteiger partial charge in [0.1, 0.15) is 27.7 Å². The van der Waals surface area contributed by atoms with E-state index in [0.717, 1.165) is 32.1 Å². The molecule has 3 N–H and O–H groups in total. The zero-order valence-electron chi connectivity index (χ0n) is 32.2. The van der Waals surface area contributed by atoms with Crippen molar-refractivity contribution in [3.05, 3.63) is 120 Å². The minimum atomic E-state index is -4.69. The normalized spacial score (nSPS) is 12.1. The summed E-state index contributed by atoms with van der Waals surface area (Å²) < 4.78 is 51.3. The van der Waals surface area contributed by atoms with E-state index in [9.17, 15) is 37.6 Å². The van der Waals surface area contributed by atoms with E-state index in [0.29, 0.717) is 41.5 Å². The number of esters is 2. The SMILES string of the molecule is CCC(C)C(=O)OCCCCCCOc1ccc(C(=O)Oc2ccc(N=Nc3ccc(-c4ccc(N=Nc5ccc(O)c(C(=O)O)c5)cc4)c(S(=O)(=O)O)c3)cc2)cc1. The second-order valence-corrected chi connectivity index (χ2v) is 14.6. The van der Waals surface area contributed by atoms with Crippen molar-refractivity contribution in [2.75, 3.05) is 13.2 Å². The molecule has 0 heterocycles. The van der Waals surface area contributed by atoms with E-state index in [1.54, 1.807) is 60.7 Å². The Morgan fingerprint density at radius 3 is 1.83 bits per heavy atom. The molecule has 0 aliphatic carbocycles. The fourth-order valence-corrected chi connectivity index (χ4v) is 6.12. The first-order chi connectivity index (χ1) is 28.3. The summed E-state index contributed by atoms with van der Waals surface area (Å²) in [7, 11) is -4.69. The lowest BCUT2D eigenvalue weighted by Crippen LogP contribution is -2.14. The van der Waals surface area contributed by atoms with Crippen LogP contribution in [0, 0.1) is 5.92 Å². The highest BCUT2D eigenvalue weighted by Crippen LogP contribution is 2.33. The third-order valence-corrected chi connectivity index (χ3v) is 9.79. The van der Waals surface area contributed by atoms with E-state index in [1.807, 2.05) is 13.8 Å². The van der Waals surface area contributed by atoms with E-state index in [4.69, 9.17) is 14.2 Å². The summed E-state index contributed by atoms with van der Waals surface area (Å²) in [6.45, 7) is 4.76. The Kier molecular flexibility index (Phi) is 15.1. The molecule has 15 nitrogen and oxygen atoms in total. The number of aromatic hydroxyl groups is 1. The van der Waals surface area contributed by atoms with Crippen LogP contribution in [-0.4, -0.2) is 54.3 Å². The lowest BCUT2D eigenvalue weighted by molar-refractivity contribution is -0.148. The average Bonchev–Trinajstić information content (AvgIpc) is 3.23. The van der Waals surface area contributed by atoms with Crippen LogP contribution in [0.3, 0.4) is 0 Å². The van der Waals surface area contributed by atoms with Gasteiger partial charge < -0.3 is 24.4 Å².